The topological polar surface area (TPSA) is 35.0 Å². The lowest BCUT2D eigenvalue weighted by Crippen LogP contribution is -2.29. The number of nitrogens with zero attached hydrogens (tertiary/aromatic N) is 2. The van der Waals surface area contributed by atoms with Crippen LogP contribution in [0.25, 0.3) is 0 Å². The van der Waals surface area contributed by atoms with Crippen LogP contribution in [0.15, 0.2) is 6.07 Å². The number of rotatable bonds is 3. The standard InChI is InChI=1S/C11H14Cl2N2O/c1-2-16-11(5-3-4-6-11)10-14-8(12)7-9(13)15-10/h7H,2-6H2,1H3. The van der Waals surface area contributed by atoms with Gasteiger partial charge in [-0.1, -0.05) is 23.2 Å². The van der Waals surface area contributed by atoms with Crippen molar-refractivity contribution in [1.82, 2.24) is 9.97 Å². The van der Waals surface area contributed by atoms with E-state index in [4.69, 9.17) is 27.9 Å². The third-order valence-corrected chi connectivity index (χ3v) is 3.29. The minimum Gasteiger partial charge on any atom is -0.367 e. The quantitative estimate of drug-likeness (QED) is 0.780. The third kappa shape index (κ3) is 2.31. The molecule has 0 aromatic carbocycles. The van der Waals surface area contributed by atoms with Crippen molar-refractivity contribution in [2.45, 2.75) is 38.2 Å². The van der Waals surface area contributed by atoms with Gasteiger partial charge in [0.15, 0.2) is 5.82 Å². The van der Waals surface area contributed by atoms with E-state index in [2.05, 4.69) is 9.97 Å². The van der Waals surface area contributed by atoms with Crippen LogP contribution in [0.1, 0.15) is 38.4 Å². The lowest BCUT2D eigenvalue weighted by molar-refractivity contribution is -0.0456. The number of hydrogen-bond donors (Lipinski definition) is 0. The van der Waals surface area contributed by atoms with Gasteiger partial charge >= 0.3 is 0 Å². The molecule has 1 aromatic rings. The summed E-state index contributed by atoms with van der Waals surface area (Å²) in [7, 11) is 0. The zero-order valence-corrected chi connectivity index (χ0v) is 10.7. The molecule has 1 heterocycles. The van der Waals surface area contributed by atoms with Crippen molar-refractivity contribution in [2.24, 2.45) is 0 Å². The molecule has 16 heavy (non-hydrogen) atoms. The van der Waals surface area contributed by atoms with Gasteiger partial charge in [0.1, 0.15) is 15.9 Å². The molecule has 0 N–H and O–H groups in total. The molecule has 1 fully saturated rings. The van der Waals surface area contributed by atoms with Gasteiger partial charge in [0.25, 0.3) is 0 Å². The van der Waals surface area contributed by atoms with Crippen molar-refractivity contribution >= 4 is 23.2 Å². The third-order valence-electron chi connectivity index (χ3n) is 2.90. The molecular weight excluding hydrogens is 247 g/mol. The Hall–Kier alpha value is -0.380. The highest BCUT2D eigenvalue weighted by atomic mass is 35.5. The van der Waals surface area contributed by atoms with Crippen molar-refractivity contribution in [1.29, 1.82) is 0 Å². The molecule has 0 radical (unpaired) electrons. The van der Waals surface area contributed by atoms with E-state index in [1.165, 1.54) is 0 Å². The molecule has 3 nitrogen and oxygen atoms in total. The molecule has 0 unspecified atom stereocenters. The maximum absolute atomic E-state index is 5.90. The fraction of sp³-hybridized carbons (Fsp3) is 0.636. The van der Waals surface area contributed by atoms with Crippen molar-refractivity contribution in [3.63, 3.8) is 0 Å². The summed E-state index contributed by atoms with van der Waals surface area (Å²) in [6, 6.07) is 1.54. The first-order valence-corrected chi connectivity index (χ1v) is 6.26. The van der Waals surface area contributed by atoms with E-state index in [1.807, 2.05) is 6.92 Å². The van der Waals surface area contributed by atoms with E-state index < -0.39 is 0 Å². The predicted molar refractivity (Wildman–Crippen MR) is 63.8 cm³/mol. The Morgan fingerprint density at radius 1 is 1.25 bits per heavy atom. The van der Waals surface area contributed by atoms with E-state index in [1.54, 1.807) is 6.07 Å². The molecule has 5 heteroatoms. The molecule has 0 saturated heterocycles. The highest BCUT2D eigenvalue weighted by Gasteiger charge is 2.39. The molecule has 0 atom stereocenters. The minimum absolute atomic E-state index is 0.372. The smallest absolute Gasteiger partial charge is 0.163 e. The Bertz CT molecular complexity index is 358. The molecule has 1 aliphatic carbocycles. The summed E-state index contributed by atoms with van der Waals surface area (Å²) in [5.41, 5.74) is -0.372. The summed E-state index contributed by atoms with van der Waals surface area (Å²) in [6.07, 6.45) is 4.15. The van der Waals surface area contributed by atoms with Crippen LogP contribution in [0.3, 0.4) is 0 Å². The van der Waals surface area contributed by atoms with Gasteiger partial charge in [0.2, 0.25) is 0 Å². The number of halogens is 2. The first-order chi connectivity index (χ1) is 7.66. The van der Waals surface area contributed by atoms with Gasteiger partial charge in [-0.3, -0.25) is 0 Å². The van der Waals surface area contributed by atoms with E-state index in [9.17, 15) is 0 Å². The van der Waals surface area contributed by atoms with Crippen LogP contribution in [-0.4, -0.2) is 16.6 Å². The predicted octanol–water partition coefficient (Wildman–Crippen LogP) is 3.59. The van der Waals surface area contributed by atoms with Gasteiger partial charge in [-0.15, -0.1) is 0 Å². The van der Waals surface area contributed by atoms with Gasteiger partial charge in [-0.2, -0.15) is 0 Å². The van der Waals surface area contributed by atoms with Crippen molar-refractivity contribution in [2.75, 3.05) is 6.61 Å². The van der Waals surface area contributed by atoms with E-state index in [-0.39, 0.29) is 5.60 Å². The Morgan fingerprint density at radius 2 is 1.81 bits per heavy atom. The first-order valence-electron chi connectivity index (χ1n) is 5.51. The fourth-order valence-corrected chi connectivity index (χ4v) is 2.67. The highest BCUT2D eigenvalue weighted by Crippen LogP contribution is 2.41. The highest BCUT2D eigenvalue weighted by molar-refractivity contribution is 6.33. The fourth-order valence-electron chi connectivity index (χ4n) is 2.25. The number of hydrogen-bond acceptors (Lipinski definition) is 3. The van der Waals surface area contributed by atoms with Crippen molar-refractivity contribution in [3.8, 4) is 0 Å². The summed E-state index contributed by atoms with van der Waals surface area (Å²) >= 11 is 11.8. The summed E-state index contributed by atoms with van der Waals surface area (Å²) in [4.78, 5) is 8.50. The van der Waals surface area contributed by atoms with Crippen LogP contribution >= 0.6 is 23.2 Å². The minimum atomic E-state index is -0.372. The molecule has 0 spiro atoms. The Kier molecular flexibility index (Phi) is 3.67. The molecule has 1 aromatic heterocycles. The average Bonchev–Trinajstić information content (AvgIpc) is 2.66. The normalized spacial score (nSPS) is 18.9. The summed E-state index contributed by atoms with van der Waals surface area (Å²) in [5.74, 6) is 0.629. The largest absolute Gasteiger partial charge is 0.367 e. The molecule has 88 valence electrons. The van der Waals surface area contributed by atoms with Crippen molar-refractivity contribution in [3.05, 3.63) is 22.2 Å². The molecule has 0 amide bonds. The molecule has 0 aliphatic heterocycles. The SMILES string of the molecule is CCOC1(c2nc(Cl)cc(Cl)n2)CCCC1. The molecular formula is C11H14Cl2N2O. The summed E-state index contributed by atoms with van der Waals surface area (Å²) in [6.45, 7) is 2.62. The second kappa shape index (κ2) is 4.86. The number of ether oxygens (including phenoxy) is 1. The molecule has 1 aliphatic rings. The number of aromatic nitrogens is 2. The van der Waals surface area contributed by atoms with E-state index >= 15 is 0 Å². The van der Waals surface area contributed by atoms with Gasteiger partial charge in [0.05, 0.1) is 0 Å². The van der Waals surface area contributed by atoms with Crippen LogP contribution in [0.5, 0.6) is 0 Å². The maximum Gasteiger partial charge on any atom is 0.163 e. The Labute approximate surface area is 105 Å². The Balaban J connectivity index is 2.38. The van der Waals surface area contributed by atoms with Gasteiger partial charge in [0, 0.05) is 12.7 Å². The molecule has 2 rings (SSSR count). The monoisotopic (exact) mass is 260 g/mol. The van der Waals surface area contributed by atoms with Gasteiger partial charge < -0.3 is 4.74 Å². The second-order valence-corrected chi connectivity index (χ2v) is 4.75. The lowest BCUT2D eigenvalue weighted by atomic mass is 10.0. The maximum atomic E-state index is 5.90. The molecule has 0 bridgehead atoms. The summed E-state index contributed by atoms with van der Waals surface area (Å²) in [5, 5.41) is 0.752. The van der Waals surface area contributed by atoms with Gasteiger partial charge in [-0.05, 0) is 32.6 Å². The zero-order chi connectivity index (χ0) is 11.6. The van der Waals surface area contributed by atoms with Crippen molar-refractivity contribution < 1.29 is 4.74 Å². The lowest BCUT2D eigenvalue weighted by Gasteiger charge is -2.27. The summed E-state index contributed by atoms with van der Waals surface area (Å²) < 4.78 is 5.84. The van der Waals surface area contributed by atoms with E-state index in [0.717, 1.165) is 25.7 Å². The van der Waals surface area contributed by atoms with E-state index in [0.29, 0.717) is 22.7 Å². The second-order valence-electron chi connectivity index (χ2n) is 3.97. The van der Waals surface area contributed by atoms with Crippen LogP contribution in [0.4, 0.5) is 0 Å². The molecule has 1 saturated carbocycles. The average molecular weight is 261 g/mol. The van der Waals surface area contributed by atoms with Crippen LogP contribution in [-0.2, 0) is 10.3 Å². The first kappa shape index (κ1) is 12.1. The van der Waals surface area contributed by atoms with Crippen LogP contribution < -0.4 is 0 Å². The van der Waals surface area contributed by atoms with Crippen LogP contribution in [0.2, 0.25) is 10.3 Å². The zero-order valence-electron chi connectivity index (χ0n) is 9.17. The Morgan fingerprint density at radius 3 is 2.31 bits per heavy atom. The van der Waals surface area contributed by atoms with Crippen LogP contribution in [0, 0.1) is 0 Å². The van der Waals surface area contributed by atoms with Gasteiger partial charge in [-0.25, -0.2) is 9.97 Å².